The molecule has 4 heterocycles. The Morgan fingerprint density at radius 2 is 2.25 bits per heavy atom. The molecule has 0 aromatic carbocycles. The first-order valence-corrected chi connectivity index (χ1v) is 9.32. The Hall–Kier alpha value is -1.01. The summed E-state index contributed by atoms with van der Waals surface area (Å²) in [6.07, 6.45) is 9.02. The van der Waals surface area contributed by atoms with E-state index in [0.29, 0.717) is 25.4 Å². The molecule has 3 saturated heterocycles. The van der Waals surface area contributed by atoms with E-state index in [4.69, 9.17) is 14.2 Å². The third-order valence-electron chi connectivity index (χ3n) is 5.56. The molecule has 3 aliphatic rings. The Morgan fingerprint density at radius 1 is 1.25 bits per heavy atom. The van der Waals surface area contributed by atoms with Crippen molar-refractivity contribution in [2.24, 2.45) is 5.92 Å². The summed E-state index contributed by atoms with van der Waals surface area (Å²) in [6.45, 7) is 5.56. The number of pyridine rings is 1. The van der Waals surface area contributed by atoms with Gasteiger partial charge in [0.1, 0.15) is 0 Å². The SMILES string of the molecule is c1cncc(COC[C@H]2CC[C@H]3[C@H](CCN3CC3CCOC3)O2)c1. The molecule has 24 heavy (non-hydrogen) atoms. The molecule has 5 heteroatoms. The monoisotopic (exact) mass is 332 g/mol. The van der Waals surface area contributed by atoms with Crippen molar-refractivity contribution >= 4 is 0 Å². The zero-order chi connectivity index (χ0) is 16.2. The molecule has 132 valence electrons. The van der Waals surface area contributed by atoms with Crippen molar-refractivity contribution in [1.29, 1.82) is 0 Å². The van der Waals surface area contributed by atoms with Gasteiger partial charge >= 0.3 is 0 Å². The zero-order valence-electron chi connectivity index (χ0n) is 14.3. The Balaban J connectivity index is 1.20. The second-order valence-electron chi connectivity index (χ2n) is 7.33. The number of likely N-dealkylation sites (tertiary alicyclic amines) is 1. The van der Waals surface area contributed by atoms with Crippen LogP contribution in [0.1, 0.15) is 31.2 Å². The Morgan fingerprint density at radius 3 is 3.08 bits per heavy atom. The highest BCUT2D eigenvalue weighted by molar-refractivity contribution is 5.06. The minimum Gasteiger partial charge on any atom is -0.381 e. The molecule has 0 N–H and O–H groups in total. The van der Waals surface area contributed by atoms with Crippen molar-refractivity contribution in [3.63, 3.8) is 0 Å². The van der Waals surface area contributed by atoms with E-state index in [0.717, 1.165) is 37.5 Å². The summed E-state index contributed by atoms with van der Waals surface area (Å²) in [5, 5.41) is 0. The van der Waals surface area contributed by atoms with E-state index in [1.54, 1.807) is 6.20 Å². The normalized spacial score (nSPS) is 33.7. The predicted molar refractivity (Wildman–Crippen MR) is 90.7 cm³/mol. The van der Waals surface area contributed by atoms with Crippen molar-refractivity contribution in [3.05, 3.63) is 30.1 Å². The maximum absolute atomic E-state index is 6.33. The van der Waals surface area contributed by atoms with Gasteiger partial charge in [0.05, 0.1) is 32.0 Å². The lowest BCUT2D eigenvalue weighted by Crippen LogP contribution is -2.45. The number of hydrogen-bond donors (Lipinski definition) is 0. The lowest BCUT2D eigenvalue weighted by Gasteiger charge is -2.36. The molecule has 5 nitrogen and oxygen atoms in total. The predicted octanol–water partition coefficient (Wildman–Crippen LogP) is 2.26. The molecule has 0 aliphatic carbocycles. The molecule has 1 aromatic rings. The summed E-state index contributed by atoms with van der Waals surface area (Å²) in [7, 11) is 0. The van der Waals surface area contributed by atoms with Crippen LogP contribution < -0.4 is 0 Å². The number of aromatic nitrogens is 1. The fraction of sp³-hybridized carbons (Fsp3) is 0.737. The lowest BCUT2D eigenvalue weighted by atomic mass is 9.98. The summed E-state index contributed by atoms with van der Waals surface area (Å²) >= 11 is 0. The van der Waals surface area contributed by atoms with E-state index in [9.17, 15) is 0 Å². The van der Waals surface area contributed by atoms with Crippen LogP contribution in [-0.4, -0.2) is 61.0 Å². The largest absolute Gasteiger partial charge is 0.381 e. The van der Waals surface area contributed by atoms with Crippen molar-refractivity contribution in [2.75, 3.05) is 32.9 Å². The Bertz CT molecular complexity index is 507. The van der Waals surface area contributed by atoms with Crippen LogP contribution >= 0.6 is 0 Å². The average Bonchev–Trinajstić information content (AvgIpc) is 3.26. The van der Waals surface area contributed by atoms with Gasteiger partial charge in [-0.1, -0.05) is 6.07 Å². The fourth-order valence-corrected chi connectivity index (χ4v) is 4.29. The Kier molecular flexibility index (Phi) is 5.43. The summed E-state index contributed by atoms with van der Waals surface area (Å²) in [5.74, 6) is 0.726. The van der Waals surface area contributed by atoms with Crippen molar-refractivity contribution in [1.82, 2.24) is 9.88 Å². The van der Waals surface area contributed by atoms with Crippen LogP contribution in [0, 0.1) is 5.92 Å². The maximum atomic E-state index is 6.33. The van der Waals surface area contributed by atoms with Gasteiger partial charge in [-0.2, -0.15) is 0 Å². The number of fused-ring (bicyclic) bond motifs is 1. The number of hydrogen-bond acceptors (Lipinski definition) is 5. The molecule has 0 amide bonds. The molecule has 1 aromatic heterocycles. The second kappa shape index (κ2) is 7.91. The molecule has 4 rings (SSSR count). The average molecular weight is 332 g/mol. The minimum atomic E-state index is 0.248. The van der Waals surface area contributed by atoms with Gasteiger partial charge < -0.3 is 14.2 Å². The topological polar surface area (TPSA) is 43.8 Å². The fourth-order valence-electron chi connectivity index (χ4n) is 4.29. The summed E-state index contributed by atoms with van der Waals surface area (Å²) in [6, 6.07) is 4.61. The quantitative estimate of drug-likeness (QED) is 0.799. The molecule has 0 spiro atoms. The molecule has 3 aliphatic heterocycles. The second-order valence-corrected chi connectivity index (χ2v) is 7.33. The van der Waals surface area contributed by atoms with E-state index in [1.165, 1.54) is 25.9 Å². The van der Waals surface area contributed by atoms with Crippen LogP contribution in [0.4, 0.5) is 0 Å². The van der Waals surface area contributed by atoms with Crippen molar-refractivity contribution in [3.8, 4) is 0 Å². The first-order valence-electron chi connectivity index (χ1n) is 9.32. The molecular weight excluding hydrogens is 304 g/mol. The van der Waals surface area contributed by atoms with Crippen LogP contribution in [-0.2, 0) is 20.8 Å². The minimum absolute atomic E-state index is 0.248. The van der Waals surface area contributed by atoms with Gasteiger partial charge in [-0.3, -0.25) is 9.88 Å². The first-order chi connectivity index (χ1) is 11.9. The summed E-state index contributed by atoms with van der Waals surface area (Å²) < 4.78 is 17.7. The molecule has 3 fully saturated rings. The van der Waals surface area contributed by atoms with E-state index < -0.39 is 0 Å². The van der Waals surface area contributed by atoms with Gasteiger partial charge in [-0.05, 0) is 43.2 Å². The molecule has 4 atom stereocenters. The van der Waals surface area contributed by atoms with E-state index >= 15 is 0 Å². The van der Waals surface area contributed by atoms with Crippen LogP contribution in [0.15, 0.2) is 24.5 Å². The van der Waals surface area contributed by atoms with Crippen LogP contribution in [0.5, 0.6) is 0 Å². The highest BCUT2D eigenvalue weighted by Gasteiger charge is 2.40. The Labute approximate surface area is 144 Å². The number of nitrogens with zero attached hydrogens (tertiary/aromatic N) is 2. The molecular formula is C19H28N2O3. The lowest BCUT2D eigenvalue weighted by molar-refractivity contribution is -0.102. The molecule has 0 radical (unpaired) electrons. The van der Waals surface area contributed by atoms with Crippen molar-refractivity contribution in [2.45, 2.75) is 50.5 Å². The van der Waals surface area contributed by atoms with Gasteiger partial charge in [0, 0.05) is 38.1 Å². The highest BCUT2D eigenvalue weighted by atomic mass is 16.5. The zero-order valence-corrected chi connectivity index (χ0v) is 14.3. The number of rotatable bonds is 6. The standard InChI is InChI=1S/C19H28N2O3/c1-2-15(10-20-7-1)12-23-14-17-3-4-18-19(24-17)5-8-21(18)11-16-6-9-22-13-16/h1-2,7,10,16-19H,3-6,8-9,11-14H2/t16?,17-,18+,19+/m1/s1. The van der Waals surface area contributed by atoms with Gasteiger partial charge in [0.25, 0.3) is 0 Å². The van der Waals surface area contributed by atoms with Crippen LogP contribution in [0.25, 0.3) is 0 Å². The van der Waals surface area contributed by atoms with E-state index in [-0.39, 0.29) is 6.10 Å². The van der Waals surface area contributed by atoms with Gasteiger partial charge in [0.2, 0.25) is 0 Å². The van der Waals surface area contributed by atoms with E-state index in [2.05, 4.69) is 9.88 Å². The van der Waals surface area contributed by atoms with E-state index in [1.807, 2.05) is 18.3 Å². The third-order valence-corrected chi connectivity index (χ3v) is 5.56. The number of ether oxygens (including phenoxy) is 3. The molecule has 1 unspecified atom stereocenters. The molecule has 0 bridgehead atoms. The third kappa shape index (κ3) is 3.97. The van der Waals surface area contributed by atoms with Gasteiger partial charge in [-0.15, -0.1) is 0 Å². The highest BCUT2D eigenvalue weighted by Crippen LogP contribution is 2.32. The maximum Gasteiger partial charge on any atom is 0.0813 e. The smallest absolute Gasteiger partial charge is 0.0813 e. The first kappa shape index (κ1) is 16.5. The van der Waals surface area contributed by atoms with Gasteiger partial charge in [0.15, 0.2) is 0 Å². The van der Waals surface area contributed by atoms with Gasteiger partial charge in [-0.25, -0.2) is 0 Å². The van der Waals surface area contributed by atoms with Crippen molar-refractivity contribution < 1.29 is 14.2 Å². The molecule has 0 saturated carbocycles. The summed E-state index contributed by atoms with van der Waals surface area (Å²) in [4.78, 5) is 6.77. The van der Waals surface area contributed by atoms with Crippen LogP contribution in [0.2, 0.25) is 0 Å². The van der Waals surface area contributed by atoms with Crippen LogP contribution in [0.3, 0.4) is 0 Å². The summed E-state index contributed by atoms with van der Waals surface area (Å²) in [5.41, 5.74) is 1.12.